The van der Waals surface area contributed by atoms with Crippen molar-refractivity contribution in [1.29, 1.82) is 0 Å². The van der Waals surface area contributed by atoms with Crippen LogP contribution in [0.3, 0.4) is 0 Å². The third-order valence-electron chi connectivity index (χ3n) is 4.99. The quantitative estimate of drug-likeness (QED) is 0.376. The van der Waals surface area contributed by atoms with Crippen molar-refractivity contribution >= 4 is 33.4 Å². The smallest absolute Gasteiger partial charge is 0.348 e. The summed E-state index contributed by atoms with van der Waals surface area (Å²) >= 11 is 1.58. The van der Waals surface area contributed by atoms with Crippen LogP contribution >= 0.6 is 19.4 Å². The predicted molar refractivity (Wildman–Crippen MR) is 104 cm³/mol. The summed E-state index contributed by atoms with van der Waals surface area (Å²) in [6.45, 7) is 6.80. The van der Waals surface area contributed by atoms with E-state index in [2.05, 4.69) is 19.6 Å². The van der Waals surface area contributed by atoms with E-state index in [1.807, 2.05) is 30.3 Å². The molecule has 25 heavy (non-hydrogen) atoms. The molecule has 1 fully saturated rings. The fourth-order valence-electron chi connectivity index (χ4n) is 3.47. The second-order valence-corrected chi connectivity index (χ2v) is 16.5. The van der Waals surface area contributed by atoms with Crippen molar-refractivity contribution in [2.45, 2.75) is 46.9 Å². The first-order valence-corrected chi connectivity index (χ1v) is 14.2. The molecular weight excluding hydrogens is 375 g/mol. The molecule has 0 bridgehead atoms. The topological polar surface area (TPSA) is 61.8 Å². The Morgan fingerprint density at radius 3 is 2.16 bits per heavy atom. The van der Waals surface area contributed by atoms with Crippen LogP contribution in [0, 0.1) is 0 Å². The molecule has 140 valence electrons. The SMILES string of the molecule is COC(=O)[C@]1(P(=O)(OC)OC)C[C@@H]([Si](C)(C)C)[C@@H]1Sc1ccccc1. The van der Waals surface area contributed by atoms with Gasteiger partial charge in [-0.15, -0.1) is 11.8 Å². The van der Waals surface area contributed by atoms with Crippen molar-refractivity contribution in [3.8, 4) is 0 Å². The Balaban J connectivity index is 2.53. The summed E-state index contributed by atoms with van der Waals surface area (Å²) in [5, 5.41) is -1.48. The van der Waals surface area contributed by atoms with Gasteiger partial charge in [0.25, 0.3) is 0 Å². The van der Waals surface area contributed by atoms with Crippen LogP contribution in [-0.4, -0.2) is 45.8 Å². The van der Waals surface area contributed by atoms with E-state index in [4.69, 9.17) is 13.8 Å². The van der Waals surface area contributed by atoms with Gasteiger partial charge in [0.05, 0.1) is 7.11 Å². The number of hydrogen-bond donors (Lipinski definition) is 0. The zero-order valence-electron chi connectivity index (χ0n) is 15.6. The van der Waals surface area contributed by atoms with E-state index in [1.165, 1.54) is 21.3 Å². The van der Waals surface area contributed by atoms with E-state index in [0.29, 0.717) is 12.0 Å². The summed E-state index contributed by atoms with van der Waals surface area (Å²) in [6, 6.07) is 9.85. The Morgan fingerprint density at radius 2 is 1.72 bits per heavy atom. The van der Waals surface area contributed by atoms with Gasteiger partial charge in [0.1, 0.15) is 0 Å². The van der Waals surface area contributed by atoms with Crippen LogP contribution in [0.5, 0.6) is 0 Å². The first-order chi connectivity index (χ1) is 11.7. The van der Waals surface area contributed by atoms with E-state index in [0.717, 1.165) is 4.90 Å². The average Bonchev–Trinajstić information content (AvgIpc) is 2.58. The van der Waals surface area contributed by atoms with E-state index >= 15 is 0 Å². The largest absolute Gasteiger partial charge is 0.468 e. The van der Waals surface area contributed by atoms with Crippen LogP contribution in [0.15, 0.2) is 35.2 Å². The molecule has 0 heterocycles. The Morgan fingerprint density at radius 1 is 1.16 bits per heavy atom. The van der Waals surface area contributed by atoms with Gasteiger partial charge in [0.15, 0.2) is 5.16 Å². The lowest BCUT2D eigenvalue weighted by atomic mass is 9.82. The lowest BCUT2D eigenvalue weighted by Crippen LogP contribution is -2.64. The maximum Gasteiger partial charge on any atom is 0.348 e. The number of hydrogen-bond acceptors (Lipinski definition) is 6. The zero-order chi connectivity index (χ0) is 18.9. The second-order valence-electron chi connectivity index (χ2n) is 7.31. The molecule has 0 unspecified atom stereocenters. The summed E-state index contributed by atoms with van der Waals surface area (Å²) in [5.41, 5.74) is 0.301. The molecule has 1 aliphatic rings. The summed E-state index contributed by atoms with van der Waals surface area (Å²) < 4.78 is 29.0. The van der Waals surface area contributed by atoms with Gasteiger partial charge in [-0.25, -0.2) is 0 Å². The highest BCUT2D eigenvalue weighted by Crippen LogP contribution is 2.74. The molecule has 0 amide bonds. The first-order valence-electron chi connectivity index (χ1n) is 8.18. The molecule has 0 saturated heterocycles. The number of thioether (sulfide) groups is 1. The first kappa shape index (κ1) is 20.7. The number of esters is 1. The lowest BCUT2D eigenvalue weighted by molar-refractivity contribution is -0.146. The number of ether oxygens (including phenoxy) is 1. The molecule has 0 aromatic heterocycles. The van der Waals surface area contributed by atoms with Crippen LogP contribution in [-0.2, 0) is 23.1 Å². The third kappa shape index (κ3) is 3.49. The standard InChI is InChI=1S/C17H27O5PSSi/c1-20-16(18)17(23(19,21-2)22-3)12-14(25(4,5)6)15(17)24-13-10-8-7-9-11-13/h7-11,14-15H,12H2,1-6H3/t14-,15+,17+/m1/s1. The number of benzene rings is 1. The van der Waals surface area contributed by atoms with Crippen molar-refractivity contribution in [3.05, 3.63) is 30.3 Å². The molecule has 1 aromatic carbocycles. The van der Waals surface area contributed by atoms with Gasteiger partial charge < -0.3 is 13.8 Å². The average molecular weight is 403 g/mol. The highest BCUT2D eigenvalue weighted by molar-refractivity contribution is 8.00. The van der Waals surface area contributed by atoms with Crippen LogP contribution in [0.4, 0.5) is 0 Å². The molecule has 8 heteroatoms. The fourth-order valence-corrected chi connectivity index (χ4v) is 11.2. The van der Waals surface area contributed by atoms with Crippen molar-refractivity contribution < 1.29 is 23.1 Å². The molecule has 0 radical (unpaired) electrons. The number of rotatable bonds is 7. The van der Waals surface area contributed by atoms with Gasteiger partial charge in [-0.1, -0.05) is 37.8 Å². The normalized spacial score (nSPS) is 26.8. The van der Waals surface area contributed by atoms with E-state index in [1.54, 1.807) is 11.8 Å². The van der Waals surface area contributed by atoms with Gasteiger partial charge in [0.2, 0.25) is 0 Å². The van der Waals surface area contributed by atoms with Gasteiger partial charge in [0, 0.05) is 32.4 Å². The molecule has 1 aliphatic carbocycles. The number of carbonyl (C=O) groups excluding carboxylic acids is 1. The van der Waals surface area contributed by atoms with Crippen molar-refractivity contribution in [3.63, 3.8) is 0 Å². The summed E-state index contributed by atoms with van der Waals surface area (Å²) in [5.74, 6) is -0.512. The summed E-state index contributed by atoms with van der Waals surface area (Å²) in [4.78, 5) is 13.8. The molecule has 2 rings (SSSR count). The molecule has 0 spiro atoms. The third-order valence-corrected chi connectivity index (χ3v) is 12.3. The van der Waals surface area contributed by atoms with Crippen molar-refractivity contribution in [1.82, 2.24) is 0 Å². The molecular formula is C17H27O5PSSi. The van der Waals surface area contributed by atoms with Gasteiger partial charge >= 0.3 is 13.6 Å². The Kier molecular flexibility index (Phi) is 6.27. The van der Waals surface area contributed by atoms with Crippen molar-refractivity contribution in [2.75, 3.05) is 21.3 Å². The molecule has 1 aromatic rings. The van der Waals surface area contributed by atoms with E-state index < -0.39 is 26.8 Å². The highest BCUT2D eigenvalue weighted by Gasteiger charge is 2.73. The Hall–Kier alpha value is -0.593. The maximum atomic E-state index is 13.4. The number of carbonyl (C=O) groups is 1. The fraction of sp³-hybridized carbons (Fsp3) is 0.588. The Labute approximate surface area is 155 Å². The van der Waals surface area contributed by atoms with Crippen LogP contribution in [0.1, 0.15) is 6.42 Å². The maximum absolute atomic E-state index is 13.4. The van der Waals surface area contributed by atoms with Crippen molar-refractivity contribution in [2.24, 2.45) is 0 Å². The number of methoxy groups -OCH3 is 1. The minimum Gasteiger partial charge on any atom is -0.468 e. The summed E-state index contributed by atoms with van der Waals surface area (Å²) in [6.07, 6.45) is 0.471. The minimum absolute atomic E-state index is 0.209. The lowest BCUT2D eigenvalue weighted by Gasteiger charge is -2.57. The van der Waals surface area contributed by atoms with E-state index in [-0.39, 0.29) is 5.25 Å². The highest BCUT2D eigenvalue weighted by atomic mass is 32.2. The second kappa shape index (κ2) is 7.57. The molecule has 0 aliphatic heterocycles. The molecule has 1 saturated carbocycles. The predicted octanol–water partition coefficient (Wildman–Crippen LogP) is 4.66. The van der Waals surface area contributed by atoms with Gasteiger partial charge in [-0.05, 0) is 24.1 Å². The van der Waals surface area contributed by atoms with Crippen LogP contribution in [0.25, 0.3) is 0 Å². The van der Waals surface area contributed by atoms with Gasteiger partial charge in [-0.2, -0.15) is 0 Å². The minimum atomic E-state index is -3.66. The van der Waals surface area contributed by atoms with Crippen LogP contribution < -0.4 is 0 Å². The molecule has 5 nitrogen and oxygen atoms in total. The monoisotopic (exact) mass is 402 g/mol. The Bertz CT molecular complexity index is 655. The summed E-state index contributed by atoms with van der Waals surface area (Å²) in [7, 11) is -1.27. The zero-order valence-corrected chi connectivity index (χ0v) is 18.4. The van der Waals surface area contributed by atoms with Gasteiger partial charge in [-0.3, -0.25) is 9.36 Å². The molecule has 0 N–H and O–H groups in total. The van der Waals surface area contributed by atoms with Crippen LogP contribution in [0.2, 0.25) is 25.2 Å². The van der Waals surface area contributed by atoms with E-state index in [9.17, 15) is 9.36 Å². The molecule has 3 atom stereocenters.